The highest BCUT2D eigenvalue weighted by atomic mass is 32.2. The first-order chi connectivity index (χ1) is 9.56. The van der Waals surface area contributed by atoms with Crippen LogP contribution < -0.4 is 4.18 Å². The van der Waals surface area contributed by atoms with Gasteiger partial charge in [0.05, 0.1) is 11.1 Å². The van der Waals surface area contributed by atoms with E-state index in [1.54, 1.807) is 0 Å². The Balaban J connectivity index is 3.45. The van der Waals surface area contributed by atoms with Crippen LogP contribution in [-0.2, 0) is 22.5 Å². The van der Waals surface area contributed by atoms with Gasteiger partial charge in [-0.25, -0.2) is 0 Å². The molecule has 0 N–H and O–H groups in total. The minimum Gasteiger partial charge on any atom is -0.375 e. The van der Waals surface area contributed by atoms with Crippen molar-refractivity contribution < 1.29 is 52.1 Å². The van der Waals surface area contributed by atoms with Gasteiger partial charge in [0, 0.05) is 0 Å². The summed E-state index contributed by atoms with van der Waals surface area (Å²) in [7, 11) is -6.46. The number of hydrogen-bond donors (Lipinski definition) is 0. The summed E-state index contributed by atoms with van der Waals surface area (Å²) in [6.45, 7) is 0. The van der Waals surface area contributed by atoms with Crippen LogP contribution >= 0.6 is 0 Å². The third-order valence-corrected chi connectivity index (χ3v) is 3.06. The molecule has 0 unspecified atom stereocenters. The van der Waals surface area contributed by atoms with Gasteiger partial charge < -0.3 is 4.18 Å². The Kier molecular flexibility index (Phi) is 4.35. The predicted octanol–water partition coefficient (Wildman–Crippen LogP) is 3.95. The molecule has 0 aliphatic heterocycles. The molecule has 0 aliphatic rings. The van der Waals surface area contributed by atoms with E-state index in [4.69, 9.17) is 0 Å². The highest BCUT2D eigenvalue weighted by Crippen LogP contribution is 2.41. The first-order valence-electron chi connectivity index (χ1n) is 4.85. The Hall–Kier alpha value is -1.66. The van der Waals surface area contributed by atoms with Crippen molar-refractivity contribution >= 4 is 10.1 Å². The topological polar surface area (TPSA) is 43.4 Å². The zero-order valence-electron chi connectivity index (χ0n) is 9.77. The molecule has 0 bridgehead atoms. The molecule has 0 aromatic heterocycles. The standard InChI is InChI=1S/C9H3F9O3S/c10-7(11,12)4-1-2-6(5(3-4)8(13,14)15)21-22(19,20)9(16,17)18/h1-3H. The molecular formula is C9H3F9O3S. The number of alkyl halides is 9. The summed E-state index contributed by atoms with van der Waals surface area (Å²) in [6, 6.07) is -0.757. The Morgan fingerprint density at radius 2 is 1.32 bits per heavy atom. The quantitative estimate of drug-likeness (QED) is 0.455. The van der Waals surface area contributed by atoms with Crippen molar-refractivity contribution in [1.29, 1.82) is 0 Å². The lowest BCUT2D eigenvalue weighted by Gasteiger charge is -2.16. The third kappa shape index (κ3) is 3.96. The van der Waals surface area contributed by atoms with Gasteiger partial charge in [-0.3, -0.25) is 0 Å². The maximum atomic E-state index is 12.6. The molecule has 0 fully saturated rings. The summed E-state index contributed by atoms with van der Waals surface area (Å²) < 4.78 is 135. The molecule has 0 atom stereocenters. The molecule has 0 radical (unpaired) electrons. The van der Waals surface area contributed by atoms with E-state index in [9.17, 15) is 47.9 Å². The lowest BCUT2D eigenvalue weighted by atomic mass is 10.1. The van der Waals surface area contributed by atoms with E-state index in [0.717, 1.165) is 0 Å². The van der Waals surface area contributed by atoms with Gasteiger partial charge in [-0.2, -0.15) is 47.9 Å². The van der Waals surface area contributed by atoms with E-state index in [1.807, 2.05) is 0 Å². The first-order valence-corrected chi connectivity index (χ1v) is 6.26. The van der Waals surface area contributed by atoms with Gasteiger partial charge in [0.1, 0.15) is 0 Å². The van der Waals surface area contributed by atoms with Gasteiger partial charge in [-0.1, -0.05) is 0 Å². The Bertz CT molecular complexity index is 654. The largest absolute Gasteiger partial charge is 0.534 e. The zero-order valence-corrected chi connectivity index (χ0v) is 10.6. The highest BCUT2D eigenvalue weighted by molar-refractivity contribution is 7.88. The predicted molar refractivity (Wildman–Crippen MR) is 52.0 cm³/mol. The molecule has 3 nitrogen and oxygen atoms in total. The second-order valence-electron chi connectivity index (χ2n) is 3.69. The summed E-state index contributed by atoms with van der Waals surface area (Å²) in [5, 5.41) is 0. The maximum Gasteiger partial charge on any atom is 0.534 e. The summed E-state index contributed by atoms with van der Waals surface area (Å²) in [4.78, 5) is 0. The van der Waals surface area contributed by atoms with E-state index < -0.39 is 50.9 Å². The second kappa shape index (κ2) is 5.21. The molecule has 1 aromatic carbocycles. The van der Waals surface area contributed by atoms with Crippen molar-refractivity contribution in [3.63, 3.8) is 0 Å². The van der Waals surface area contributed by atoms with Gasteiger partial charge in [0.25, 0.3) is 0 Å². The fourth-order valence-corrected chi connectivity index (χ4v) is 1.64. The number of halogens is 9. The van der Waals surface area contributed by atoms with Crippen molar-refractivity contribution in [2.75, 3.05) is 0 Å². The van der Waals surface area contributed by atoms with Crippen LogP contribution in [0.15, 0.2) is 18.2 Å². The van der Waals surface area contributed by atoms with Gasteiger partial charge in [0.2, 0.25) is 0 Å². The number of hydrogen-bond acceptors (Lipinski definition) is 3. The maximum absolute atomic E-state index is 12.6. The molecule has 0 amide bonds. The Morgan fingerprint density at radius 1 is 0.818 bits per heavy atom. The van der Waals surface area contributed by atoms with Gasteiger partial charge in [-0.15, -0.1) is 0 Å². The minimum absolute atomic E-state index is 0.0452. The fraction of sp³-hybridized carbons (Fsp3) is 0.333. The Morgan fingerprint density at radius 3 is 1.68 bits per heavy atom. The van der Waals surface area contributed by atoms with Crippen molar-refractivity contribution in [3.8, 4) is 5.75 Å². The molecular weight excluding hydrogens is 359 g/mol. The molecule has 0 saturated heterocycles. The molecule has 13 heteroatoms. The lowest BCUT2D eigenvalue weighted by molar-refractivity contribution is -0.143. The van der Waals surface area contributed by atoms with Gasteiger partial charge in [-0.05, 0) is 18.2 Å². The monoisotopic (exact) mass is 362 g/mol. The average molecular weight is 362 g/mol. The van der Waals surface area contributed by atoms with Crippen LogP contribution in [0.3, 0.4) is 0 Å². The van der Waals surface area contributed by atoms with E-state index >= 15 is 0 Å². The van der Waals surface area contributed by atoms with E-state index in [-0.39, 0.29) is 12.1 Å². The van der Waals surface area contributed by atoms with Crippen LogP contribution in [0.4, 0.5) is 39.5 Å². The summed E-state index contributed by atoms with van der Waals surface area (Å²) in [5.41, 5.74) is -10.2. The molecule has 0 aliphatic carbocycles. The van der Waals surface area contributed by atoms with E-state index in [0.29, 0.717) is 0 Å². The molecule has 0 heterocycles. The zero-order chi connectivity index (χ0) is 17.6. The van der Waals surface area contributed by atoms with E-state index in [1.165, 1.54) is 0 Å². The van der Waals surface area contributed by atoms with Gasteiger partial charge in [0.15, 0.2) is 5.75 Å². The molecule has 126 valence electrons. The molecule has 0 saturated carbocycles. The van der Waals surface area contributed by atoms with Crippen LogP contribution in [0, 0.1) is 0 Å². The van der Waals surface area contributed by atoms with Crippen molar-refractivity contribution in [1.82, 2.24) is 0 Å². The summed E-state index contributed by atoms with van der Waals surface area (Å²) in [5.74, 6) is -1.92. The SMILES string of the molecule is O=S(=O)(Oc1ccc(C(F)(F)F)cc1C(F)(F)F)C(F)(F)F. The van der Waals surface area contributed by atoms with Crippen molar-refractivity contribution in [2.24, 2.45) is 0 Å². The Labute approximate surface area is 116 Å². The minimum atomic E-state index is -6.46. The number of benzene rings is 1. The molecule has 1 rings (SSSR count). The lowest BCUT2D eigenvalue weighted by Crippen LogP contribution is -2.29. The van der Waals surface area contributed by atoms with Gasteiger partial charge >= 0.3 is 28.0 Å². The second-order valence-corrected chi connectivity index (χ2v) is 5.23. The summed E-state index contributed by atoms with van der Waals surface area (Å²) in [6.07, 6.45) is -10.8. The molecule has 22 heavy (non-hydrogen) atoms. The first kappa shape index (κ1) is 18.4. The van der Waals surface area contributed by atoms with Crippen molar-refractivity contribution in [3.05, 3.63) is 29.3 Å². The number of rotatable bonds is 2. The summed E-state index contributed by atoms with van der Waals surface area (Å²) >= 11 is 0. The van der Waals surface area contributed by atoms with Crippen molar-refractivity contribution in [2.45, 2.75) is 17.9 Å². The van der Waals surface area contributed by atoms with Crippen LogP contribution in [-0.4, -0.2) is 13.9 Å². The average Bonchev–Trinajstić information content (AvgIpc) is 2.24. The normalized spacial score (nSPS) is 14.0. The van der Waals surface area contributed by atoms with Crippen LogP contribution in [0.25, 0.3) is 0 Å². The van der Waals surface area contributed by atoms with Crippen LogP contribution in [0.5, 0.6) is 5.75 Å². The van der Waals surface area contributed by atoms with Crippen LogP contribution in [0.1, 0.15) is 11.1 Å². The molecule has 1 aromatic rings. The highest BCUT2D eigenvalue weighted by Gasteiger charge is 2.50. The van der Waals surface area contributed by atoms with Crippen LogP contribution in [0.2, 0.25) is 0 Å². The van der Waals surface area contributed by atoms with E-state index in [2.05, 4.69) is 4.18 Å². The molecule has 0 spiro atoms. The fourth-order valence-electron chi connectivity index (χ4n) is 1.17. The smallest absolute Gasteiger partial charge is 0.375 e. The third-order valence-electron chi connectivity index (χ3n) is 2.10.